The molecule has 2 aromatic rings. The van der Waals surface area contributed by atoms with Crippen LogP contribution in [-0.2, 0) is 9.59 Å². The molecule has 2 heterocycles. The van der Waals surface area contributed by atoms with Gasteiger partial charge in [0.2, 0.25) is 11.8 Å². The van der Waals surface area contributed by atoms with Gasteiger partial charge in [-0.15, -0.1) is 11.3 Å². The summed E-state index contributed by atoms with van der Waals surface area (Å²) in [7, 11) is 0. The molecule has 0 aliphatic carbocycles. The molecule has 7 heteroatoms. The Hall–Kier alpha value is -2.25. The number of nitrogens with zero attached hydrogens (tertiary/aromatic N) is 1. The fourth-order valence-electron chi connectivity index (χ4n) is 2.49. The van der Waals surface area contributed by atoms with Gasteiger partial charge >= 0.3 is 0 Å². The summed E-state index contributed by atoms with van der Waals surface area (Å²) in [5.74, 6) is -0.124. The number of carbonyl (C=O) groups is 2. The molecule has 6 nitrogen and oxygen atoms in total. The summed E-state index contributed by atoms with van der Waals surface area (Å²) in [6.45, 7) is 2.37. The van der Waals surface area contributed by atoms with Gasteiger partial charge < -0.3 is 16.0 Å². The second-order valence-corrected chi connectivity index (χ2v) is 6.29. The van der Waals surface area contributed by atoms with Crippen molar-refractivity contribution in [1.29, 1.82) is 0 Å². The average molecular weight is 330 g/mol. The van der Waals surface area contributed by atoms with Crippen LogP contribution in [0, 0.1) is 0 Å². The van der Waals surface area contributed by atoms with Gasteiger partial charge in [-0.25, -0.2) is 4.98 Å². The Kier molecular flexibility index (Phi) is 4.68. The molecule has 1 aromatic heterocycles. The Morgan fingerprint density at radius 2 is 2.04 bits per heavy atom. The Bertz CT molecular complexity index is 705. The molecule has 0 spiro atoms. The predicted molar refractivity (Wildman–Crippen MR) is 91.5 cm³/mol. The maximum atomic E-state index is 12.1. The van der Waals surface area contributed by atoms with Crippen LogP contribution in [0.3, 0.4) is 0 Å². The van der Waals surface area contributed by atoms with Gasteiger partial charge in [-0.3, -0.25) is 9.59 Å². The lowest BCUT2D eigenvalue weighted by Gasteiger charge is -2.08. The Labute approximate surface area is 138 Å². The van der Waals surface area contributed by atoms with Crippen molar-refractivity contribution in [2.75, 3.05) is 17.2 Å². The average Bonchev–Trinajstić information content (AvgIpc) is 3.18. The van der Waals surface area contributed by atoms with Crippen LogP contribution >= 0.6 is 11.3 Å². The molecule has 0 saturated carbocycles. The first-order chi connectivity index (χ1) is 11.1. The molecular weight excluding hydrogens is 312 g/mol. The van der Waals surface area contributed by atoms with Crippen molar-refractivity contribution in [2.24, 2.45) is 0 Å². The molecule has 3 N–H and O–H groups in total. The summed E-state index contributed by atoms with van der Waals surface area (Å²) in [4.78, 5) is 27.5. The Morgan fingerprint density at radius 3 is 2.70 bits per heavy atom. The molecule has 1 fully saturated rings. The van der Waals surface area contributed by atoms with E-state index in [4.69, 9.17) is 0 Å². The number of nitrogens with one attached hydrogen (secondary N) is 3. The van der Waals surface area contributed by atoms with E-state index in [1.807, 2.05) is 29.6 Å². The number of benzene rings is 1. The highest BCUT2D eigenvalue weighted by molar-refractivity contribution is 7.14. The molecule has 1 aliphatic rings. The highest BCUT2D eigenvalue weighted by Gasteiger charge is 2.22. The maximum Gasteiger partial charge on any atom is 0.243 e. The number of rotatable bonds is 4. The SMILES string of the molecule is CC(=O)Nc1ccc(-c2csc(NC(=O)C3CCCN3)n2)cc1. The number of aromatic nitrogens is 1. The smallest absolute Gasteiger partial charge is 0.243 e. The summed E-state index contributed by atoms with van der Waals surface area (Å²) in [6.07, 6.45) is 1.90. The van der Waals surface area contributed by atoms with Crippen LogP contribution in [0.2, 0.25) is 0 Å². The second kappa shape index (κ2) is 6.89. The number of anilines is 2. The largest absolute Gasteiger partial charge is 0.326 e. The Morgan fingerprint density at radius 1 is 1.26 bits per heavy atom. The van der Waals surface area contributed by atoms with Crippen molar-refractivity contribution < 1.29 is 9.59 Å². The van der Waals surface area contributed by atoms with Crippen LogP contribution in [-0.4, -0.2) is 29.4 Å². The van der Waals surface area contributed by atoms with E-state index in [0.29, 0.717) is 5.13 Å². The van der Waals surface area contributed by atoms with E-state index in [9.17, 15) is 9.59 Å². The topological polar surface area (TPSA) is 83.1 Å². The van der Waals surface area contributed by atoms with Crippen molar-refractivity contribution in [1.82, 2.24) is 10.3 Å². The van der Waals surface area contributed by atoms with Crippen molar-refractivity contribution in [2.45, 2.75) is 25.8 Å². The standard InChI is InChI=1S/C16H18N4O2S/c1-10(21)18-12-6-4-11(5-7-12)14-9-23-16(19-14)20-15(22)13-3-2-8-17-13/h4-7,9,13,17H,2-3,8H2,1H3,(H,18,21)(H,19,20,22). The summed E-state index contributed by atoms with van der Waals surface area (Å²) in [5.41, 5.74) is 2.49. The van der Waals surface area contributed by atoms with Crippen LogP contribution in [0.1, 0.15) is 19.8 Å². The number of hydrogen-bond acceptors (Lipinski definition) is 5. The molecular formula is C16H18N4O2S. The van der Waals surface area contributed by atoms with Crippen molar-refractivity contribution in [3.8, 4) is 11.3 Å². The van der Waals surface area contributed by atoms with E-state index < -0.39 is 0 Å². The highest BCUT2D eigenvalue weighted by Crippen LogP contribution is 2.26. The Balaban J connectivity index is 1.66. The van der Waals surface area contributed by atoms with E-state index in [-0.39, 0.29) is 17.9 Å². The fourth-order valence-corrected chi connectivity index (χ4v) is 3.21. The highest BCUT2D eigenvalue weighted by atomic mass is 32.1. The predicted octanol–water partition coefficient (Wildman–Crippen LogP) is 2.46. The summed E-state index contributed by atoms with van der Waals surface area (Å²) >= 11 is 1.41. The summed E-state index contributed by atoms with van der Waals surface area (Å²) in [5, 5.41) is 11.3. The fraction of sp³-hybridized carbons (Fsp3) is 0.312. The number of thiazole rings is 1. The number of amides is 2. The molecule has 1 aromatic carbocycles. The lowest BCUT2D eigenvalue weighted by atomic mass is 10.1. The van der Waals surface area contributed by atoms with E-state index in [1.54, 1.807) is 0 Å². The zero-order valence-corrected chi connectivity index (χ0v) is 13.6. The van der Waals surface area contributed by atoms with Crippen molar-refractivity contribution in [3.05, 3.63) is 29.6 Å². The van der Waals surface area contributed by atoms with Gasteiger partial charge in [0.15, 0.2) is 5.13 Å². The summed E-state index contributed by atoms with van der Waals surface area (Å²) in [6, 6.07) is 7.34. The van der Waals surface area contributed by atoms with E-state index >= 15 is 0 Å². The third-order valence-electron chi connectivity index (χ3n) is 3.61. The maximum absolute atomic E-state index is 12.1. The van der Waals surface area contributed by atoms with Crippen molar-refractivity contribution in [3.63, 3.8) is 0 Å². The minimum Gasteiger partial charge on any atom is -0.326 e. The van der Waals surface area contributed by atoms with Gasteiger partial charge in [0.25, 0.3) is 0 Å². The third-order valence-corrected chi connectivity index (χ3v) is 4.37. The summed E-state index contributed by atoms with van der Waals surface area (Å²) < 4.78 is 0. The van der Waals surface area contributed by atoms with Gasteiger partial charge in [-0.1, -0.05) is 12.1 Å². The number of hydrogen-bond donors (Lipinski definition) is 3. The molecule has 1 unspecified atom stereocenters. The van der Waals surface area contributed by atoms with Crippen LogP contribution in [0.25, 0.3) is 11.3 Å². The van der Waals surface area contributed by atoms with Crippen LogP contribution < -0.4 is 16.0 Å². The molecule has 120 valence electrons. The zero-order chi connectivity index (χ0) is 16.2. The van der Waals surface area contributed by atoms with Crippen LogP contribution in [0.15, 0.2) is 29.6 Å². The monoisotopic (exact) mass is 330 g/mol. The van der Waals surface area contributed by atoms with Gasteiger partial charge in [-0.2, -0.15) is 0 Å². The van der Waals surface area contributed by atoms with Gasteiger partial charge in [-0.05, 0) is 31.5 Å². The van der Waals surface area contributed by atoms with Crippen molar-refractivity contribution >= 4 is 34.0 Å². The molecule has 1 atom stereocenters. The first-order valence-corrected chi connectivity index (χ1v) is 8.37. The molecule has 1 saturated heterocycles. The van der Waals surface area contributed by atoms with E-state index in [0.717, 1.165) is 36.3 Å². The molecule has 3 rings (SSSR count). The minimum atomic E-state index is -0.112. The quantitative estimate of drug-likeness (QED) is 0.804. The lowest BCUT2D eigenvalue weighted by molar-refractivity contribution is -0.117. The third kappa shape index (κ3) is 3.94. The zero-order valence-electron chi connectivity index (χ0n) is 12.8. The van der Waals surface area contributed by atoms with Crippen LogP contribution in [0.5, 0.6) is 0 Å². The first kappa shape index (κ1) is 15.6. The molecule has 0 radical (unpaired) electrons. The normalized spacial score (nSPS) is 17.0. The van der Waals surface area contributed by atoms with E-state index in [1.165, 1.54) is 18.3 Å². The first-order valence-electron chi connectivity index (χ1n) is 7.49. The van der Waals surface area contributed by atoms with Crippen LogP contribution in [0.4, 0.5) is 10.8 Å². The lowest BCUT2D eigenvalue weighted by Crippen LogP contribution is -2.35. The molecule has 1 aliphatic heterocycles. The number of carbonyl (C=O) groups excluding carboxylic acids is 2. The second-order valence-electron chi connectivity index (χ2n) is 5.43. The van der Waals surface area contributed by atoms with Gasteiger partial charge in [0.1, 0.15) is 0 Å². The van der Waals surface area contributed by atoms with Gasteiger partial charge in [0.05, 0.1) is 11.7 Å². The van der Waals surface area contributed by atoms with E-state index in [2.05, 4.69) is 20.9 Å². The molecule has 2 amide bonds. The van der Waals surface area contributed by atoms with Gasteiger partial charge in [0, 0.05) is 23.6 Å². The minimum absolute atomic E-state index is 0.0237. The molecule has 0 bridgehead atoms. The molecule has 23 heavy (non-hydrogen) atoms.